The number of hydrogen-bond acceptors (Lipinski definition) is 3. The monoisotopic (exact) mass is 303 g/mol. The van der Waals surface area contributed by atoms with Gasteiger partial charge in [-0.25, -0.2) is 0 Å². The van der Waals surface area contributed by atoms with E-state index >= 15 is 0 Å². The van der Waals surface area contributed by atoms with Gasteiger partial charge >= 0.3 is 80.9 Å². The van der Waals surface area contributed by atoms with Crippen LogP contribution < -0.4 is 3.95 Å². The first-order valence-electron chi connectivity index (χ1n) is 4.20. The Balaban J connectivity index is 2.23. The van der Waals surface area contributed by atoms with Gasteiger partial charge in [0.05, 0.1) is 0 Å². The van der Waals surface area contributed by atoms with Crippen LogP contribution in [0.4, 0.5) is 0 Å². The van der Waals surface area contributed by atoms with Gasteiger partial charge in [0.2, 0.25) is 0 Å². The SMILES string of the molecule is NI1C2CCCC1CS(=O)(=O)C2. The van der Waals surface area contributed by atoms with Crippen LogP contribution in [-0.2, 0) is 9.84 Å². The van der Waals surface area contributed by atoms with E-state index in [0.29, 0.717) is 19.4 Å². The molecule has 2 N–H and O–H groups in total. The maximum absolute atomic E-state index is 11.4. The third kappa shape index (κ3) is 1.63. The second-order valence-corrected chi connectivity index (χ2v) is 11.4. The van der Waals surface area contributed by atoms with E-state index in [4.69, 9.17) is 3.95 Å². The van der Waals surface area contributed by atoms with Crippen LogP contribution >= 0.6 is 20.1 Å². The van der Waals surface area contributed by atoms with E-state index in [1.165, 1.54) is 6.42 Å². The number of hydrogen-bond donors (Lipinski definition) is 1. The van der Waals surface area contributed by atoms with E-state index in [2.05, 4.69) is 0 Å². The zero-order valence-electron chi connectivity index (χ0n) is 6.87. The van der Waals surface area contributed by atoms with Gasteiger partial charge in [-0.1, -0.05) is 0 Å². The average molecular weight is 303 g/mol. The van der Waals surface area contributed by atoms with E-state index < -0.39 is 29.9 Å². The van der Waals surface area contributed by atoms with Gasteiger partial charge in [0.15, 0.2) is 0 Å². The van der Waals surface area contributed by atoms with Crippen molar-refractivity contribution in [1.82, 2.24) is 0 Å². The zero-order chi connectivity index (χ0) is 8.77. The molecule has 0 amide bonds. The Morgan fingerprint density at radius 3 is 2.17 bits per heavy atom. The molecule has 2 rings (SSSR count). The van der Waals surface area contributed by atoms with Crippen LogP contribution in [0, 0.1) is 0 Å². The minimum atomic E-state index is -2.72. The van der Waals surface area contributed by atoms with Crippen molar-refractivity contribution >= 4 is 29.9 Å². The van der Waals surface area contributed by atoms with Gasteiger partial charge < -0.3 is 0 Å². The molecule has 72 valence electrons. The molecule has 12 heavy (non-hydrogen) atoms. The molecule has 0 aromatic rings. The van der Waals surface area contributed by atoms with E-state index in [1.54, 1.807) is 0 Å². The standard InChI is InChI=1S/C7H14INO2S/c9-8-6-2-1-3-7(8)5-12(10,11)4-6/h6-7H,1-5,9H2. The molecular weight excluding hydrogens is 289 g/mol. The topological polar surface area (TPSA) is 60.2 Å². The van der Waals surface area contributed by atoms with Crippen LogP contribution in [0.1, 0.15) is 19.3 Å². The summed E-state index contributed by atoms with van der Waals surface area (Å²) in [6.07, 6.45) is 3.37. The quantitative estimate of drug-likeness (QED) is 0.407. The summed E-state index contributed by atoms with van der Waals surface area (Å²) in [5.41, 5.74) is 0. The Labute approximate surface area is 80.7 Å². The Bertz CT molecular complexity index is 257. The molecule has 3 nitrogen and oxygen atoms in total. The predicted octanol–water partition coefficient (Wildman–Crippen LogP) is 0.716. The van der Waals surface area contributed by atoms with Gasteiger partial charge in [-0.3, -0.25) is 0 Å². The fraction of sp³-hybridized carbons (Fsp3) is 1.00. The molecule has 2 aliphatic rings. The molecular formula is C7H14INO2S. The summed E-state index contributed by atoms with van der Waals surface area (Å²) in [5.74, 6) is 0.815. The Hall–Kier alpha value is 0.640. The molecule has 2 unspecified atom stereocenters. The Kier molecular flexibility index (Phi) is 2.37. The number of sulfone groups is 1. The number of halogens is 1. The molecule has 0 aromatic carbocycles. The molecule has 2 atom stereocenters. The molecule has 2 aliphatic heterocycles. The Morgan fingerprint density at radius 1 is 1.17 bits per heavy atom. The van der Waals surface area contributed by atoms with Crippen molar-refractivity contribution in [3.63, 3.8) is 0 Å². The summed E-state index contributed by atoms with van der Waals surface area (Å²) in [5, 5.41) is 0. The second kappa shape index (κ2) is 3.09. The minimum absolute atomic E-state index is 0.408. The summed E-state index contributed by atoms with van der Waals surface area (Å²) >= 11 is -1.35. The first-order valence-corrected chi connectivity index (χ1v) is 9.76. The first kappa shape index (κ1) is 9.21. The molecule has 2 saturated heterocycles. The van der Waals surface area contributed by atoms with E-state index in [1.807, 2.05) is 0 Å². The predicted molar refractivity (Wildman–Crippen MR) is 58.3 cm³/mol. The summed E-state index contributed by atoms with van der Waals surface area (Å²) in [6.45, 7) is 0. The summed E-state index contributed by atoms with van der Waals surface area (Å²) < 4.78 is 29.7. The van der Waals surface area contributed by atoms with Crippen LogP contribution in [0.3, 0.4) is 0 Å². The molecule has 0 aromatic heterocycles. The number of nitrogens with two attached hydrogens (primary N) is 1. The molecule has 2 bridgehead atoms. The van der Waals surface area contributed by atoms with Crippen LogP contribution in [-0.4, -0.2) is 27.8 Å². The molecule has 2 heterocycles. The number of rotatable bonds is 0. The van der Waals surface area contributed by atoms with Crippen LogP contribution in [0.25, 0.3) is 0 Å². The molecule has 5 heteroatoms. The van der Waals surface area contributed by atoms with Gasteiger partial charge in [0.25, 0.3) is 0 Å². The van der Waals surface area contributed by atoms with Crippen molar-refractivity contribution in [2.45, 2.75) is 27.1 Å². The van der Waals surface area contributed by atoms with Gasteiger partial charge in [-0.05, 0) is 0 Å². The summed E-state index contributed by atoms with van der Waals surface area (Å²) in [7, 11) is -2.72. The van der Waals surface area contributed by atoms with Crippen molar-refractivity contribution in [3.8, 4) is 0 Å². The average Bonchev–Trinajstić information content (AvgIpc) is 1.92. The third-order valence-electron chi connectivity index (χ3n) is 2.62. The van der Waals surface area contributed by atoms with Crippen LogP contribution in [0.5, 0.6) is 0 Å². The number of alkyl halides is 2. The van der Waals surface area contributed by atoms with E-state index in [-0.39, 0.29) is 0 Å². The molecule has 0 saturated carbocycles. The molecule has 2 fully saturated rings. The fourth-order valence-electron chi connectivity index (χ4n) is 2.00. The van der Waals surface area contributed by atoms with Crippen molar-refractivity contribution in [1.29, 1.82) is 0 Å². The second-order valence-electron chi connectivity index (χ2n) is 3.58. The van der Waals surface area contributed by atoms with Crippen molar-refractivity contribution in [2.24, 2.45) is 3.95 Å². The van der Waals surface area contributed by atoms with Crippen molar-refractivity contribution in [2.75, 3.05) is 11.5 Å². The Morgan fingerprint density at radius 2 is 1.67 bits per heavy atom. The van der Waals surface area contributed by atoms with Crippen molar-refractivity contribution < 1.29 is 8.42 Å². The number of fused-ring (bicyclic) bond motifs is 2. The van der Waals surface area contributed by atoms with E-state index in [0.717, 1.165) is 12.8 Å². The molecule has 0 radical (unpaired) electrons. The van der Waals surface area contributed by atoms with Crippen LogP contribution in [0.2, 0.25) is 0 Å². The van der Waals surface area contributed by atoms with Gasteiger partial charge in [-0.2, -0.15) is 0 Å². The van der Waals surface area contributed by atoms with E-state index in [9.17, 15) is 8.42 Å². The van der Waals surface area contributed by atoms with Gasteiger partial charge in [-0.15, -0.1) is 0 Å². The summed E-state index contributed by atoms with van der Waals surface area (Å²) in [4.78, 5) is 0. The first-order chi connectivity index (χ1) is 5.58. The molecule has 0 spiro atoms. The van der Waals surface area contributed by atoms with Crippen LogP contribution in [0.15, 0.2) is 0 Å². The zero-order valence-corrected chi connectivity index (χ0v) is 9.84. The third-order valence-corrected chi connectivity index (χ3v) is 11.8. The van der Waals surface area contributed by atoms with Gasteiger partial charge in [0, 0.05) is 0 Å². The van der Waals surface area contributed by atoms with Gasteiger partial charge in [0.1, 0.15) is 0 Å². The fourth-order valence-corrected chi connectivity index (χ4v) is 13.4. The maximum atomic E-state index is 11.4. The molecule has 0 aliphatic carbocycles. The summed E-state index contributed by atoms with van der Waals surface area (Å²) in [6, 6.07) is 0. The normalized spacial score (nSPS) is 42.6. The van der Waals surface area contributed by atoms with Crippen molar-refractivity contribution in [3.05, 3.63) is 0 Å².